The second-order valence-corrected chi connectivity index (χ2v) is 7.03. The minimum atomic E-state index is 0.384. The Morgan fingerprint density at radius 2 is 2.05 bits per heavy atom. The summed E-state index contributed by atoms with van der Waals surface area (Å²) >= 11 is 5.15. The lowest BCUT2D eigenvalue weighted by Gasteiger charge is -2.31. The first-order chi connectivity index (χ1) is 10.2. The van der Waals surface area contributed by atoms with Crippen LogP contribution in [0.3, 0.4) is 0 Å². The molecule has 0 amide bonds. The molecule has 4 nitrogen and oxygen atoms in total. The molecule has 2 heterocycles. The number of nitrogens with two attached hydrogens (primary N) is 1. The van der Waals surface area contributed by atoms with Crippen LogP contribution in [0.15, 0.2) is 12.3 Å². The van der Waals surface area contributed by atoms with Crippen LogP contribution in [0.5, 0.6) is 0 Å². The molecule has 2 aliphatic rings. The van der Waals surface area contributed by atoms with Crippen molar-refractivity contribution < 1.29 is 0 Å². The lowest BCUT2D eigenvalue weighted by atomic mass is 9.96. The van der Waals surface area contributed by atoms with Crippen LogP contribution in [0.2, 0.25) is 0 Å². The van der Waals surface area contributed by atoms with Gasteiger partial charge in [-0.15, -0.1) is 0 Å². The average Bonchev–Trinajstić information content (AvgIpc) is 2.97. The van der Waals surface area contributed by atoms with Crippen molar-refractivity contribution in [2.45, 2.75) is 57.5 Å². The van der Waals surface area contributed by atoms with Crippen LogP contribution in [-0.2, 0) is 6.54 Å². The monoisotopic (exact) mass is 306 g/mol. The van der Waals surface area contributed by atoms with Crippen LogP contribution in [0.4, 0.5) is 0 Å². The van der Waals surface area contributed by atoms with E-state index in [9.17, 15) is 0 Å². The van der Waals surface area contributed by atoms with Gasteiger partial charge < -0.3 is 5.73 Å². The molecule has 21 heavy (non-hydrogen) atoms. The fraction of sp³-hybridized carbons (Fsp3) is 0.750. The summed E-state index contributed by atoms with van der Waals surface area (Å²) < 4.78 is 2.20. The Kier molecular flexibility index (Phi) is 4.91. The van der Waals surface area contributed by atoms with Crippen LogP contribution in [0.25, 0.3) is 0 Å². The van der Waals surface area contributed by atoms with Crippen molar-refractivity contribution in [3.05, 3.63) is 18.0 Å². The van der Waals surface area contributed by atoms with E-state index < -0.39 is 0 Å². The predicted molar refractivity (Wildman–Crippen MR) is 89.1 cm³/mol. The second kappa shape index (κ2) is 6.88. The van der Waals surface area contributed by atoms with Crippen molar-refractivity contribution in [1.29, 1.82) is 0 Å². The lowest BCUT2D eigenvalue weighted by molar-refractivity contribution is 0.194. The van der Waals surface area contributed by atoms with Gasteiger partial charge in [-0.2, -0.15) is 5.10 Å². The minimum absolute atomic E-state index is 0.384. The molecule has 2 N–H and O–H groups in total. The van der Waals surface area contributed by atoms with Crippen LogP contribution >= 0.6 is 12.2 Å². The molecule has 2 fully saturated rings. The molecule has 1 aromatic rings. The third-order valence-corrected chi connectivity index (χ3v) is 5.24. The maximum absolute atomic E-state index is 5.81. The van der Waals surface area contributed by atoms with E-state index in [1.54, 1.807) is 0 Å². The molecule has 1 unspecified atom stereocenters. The fourth-order valence-electron chi connectivity index (χ4n) is 3.67. The maximum Gasteiger partial charge on any atom is 0.0771 e. The average molecular weight is 306 g/mol. The summed E-state index contributed by atoms with van der Waals surface area (Å²) in [6.07, 6.45) is 11.2. The molecule has 1 saturated heterocycles. The Labute approximate surface area is 132 Å². The molecule has 0 aromatic carbocycles. The Balaban J connectivity index is 1.57. The molecule has 116 valence electrons. The zero-order chi connectivity index (χ0) is 14.7. The minimum Gasteiger partial charge on any atom is -0.393 e. The van der Waals surface area contributed by atoms with Gasteiger partial charge in [-0.05, 0) is 38.3 Å². The van der Waals surface area contributed by atoms with Crippen molar-refractivity contribution in [3.8, 4) is 0 Å². The smallest absolute Gasteiger partial charge is 0.0771 e. The summed E-state index contributed by atoms with van der Waals surface area (Å²) in [6.45, 7) is 3.06. The van der Waals surface area contributed by atoms with E-state index in [-0.39, 0.29) is 0 Å². The van der Waals surface area contributed by atoms with Crippen LogP contribution < -0.4 is 5.73 Å². The number of thiocarbonyl (C=S) groups is 1. The highest BCUT2D eigenvalue weighted by molar-refractivity contribution is 7.80. The normalized spacial score (nSPS) is 25.0. The molecule has 1 aromatic heterocycles. The molecular weight excluding hydrogens is 280 g/mol. The van der Waals surface area contributed by atoms with Gasteiger partial charge in [0.05, 0.1) is 16.7 Å². The molecule has 5 heteroatoms. The van der Waals surface area contributed by atoms with Crippen molar-refractivity contribution in [2.24, 2.45) is 11.7 Å². The Bertz CT molecular complexity index is 478. The van der Waals surface area contributed by atoms with Crippen molar-refractivity contribution in [3.63, 3.8) is 0 Å². The predicted octanol–water partition coefficient (Wildman–Crippen LogP) is 2.89. The van der Waals surface area contributed by atoms with Gasteiger partial charge in [0.25, 0.3) is 0 Å². The van der Waals surface area contributed by atoms with E-state index in [1.807, 2.05) is 0 Å². The standard InChI is InChI=1S/C16H26N4S/c17-16(21)13-5-4-9-19(11-13)12-14-8-10-20(18-14)15-6-2-1-3-7-15/h8,10,13,15H,1-7,9,11-12H2,(H2,17,21). The van der Waals surface area contributed by atoms with Crippen molar-refractivity contribution in [1.82, 2.24) is 14.7 Å². The van der Waals surface area contributed by atoms with Gasteiger partial charge in [0.2, 0.25) is 0 Å². The first-order valence-electron chi connectivity index (χ1n) is 8.28. The third kappa shape index (κ3) is 3.83. The van der Waals surface area contributed by atoms with E-state index in [0.29, 0.717) is 16.9 Å². The maximum atomic E-state index is 5.81. The summed E-state index contributed by atoms with van der Waals surface area (Å²) in [7, 11) is 0. The van der Waals surface area contributed by atoms with E-state index >= 15 is 0 Å². The molecule has 0 bridgehead atoms. The quantitative estimate of drug-likeness (QED) is 0.869. The molecule has 1 aliphatic heterocycles. The topological polar surface area (TPSA) is 47.1 Å². The second-order valence-electron chi connectivity index (χ2n) is 6.56. The van der Waals surface area contributed by atoms with E-state index in [2.05, 4.69) is 21.8 Å². The summed E-state index contributed by atoms with van der Waals surface area (Å²) in [5, 5.41) is 4.81. The highest BCUT2D eigenvalue weighted by atomic mass is 32.1. The third-order valence-electron chi connectivity index (χ3n) is 4.91. The largest absolute Gasteiger partial charge is 0.393 e. The molecule has 1 aliphatic carbocycles. The van der Waals surface area contributed by atoms with Crippen molar-refractivity contribution >= 4 is 17.2 Å². The lowest BCUT2D eigenvalue weighted by Crippen LogP contribution is -2.40. The van der Waals surface area contributed by atoms with E-state index in [4.69, 9.17) is 23.1 Å². The summed E-state index contributed by atoms with van der Waals surface area (Å²) in [5.41, 5.74) is 6.99. The van der Waals surface area contributed by atoms with E-state index in [1.165, 1.54) is 44.2 Å². The Morgan fingerprint density at radius 1 is 1.24 bits per heavy atom. The first kappa shape index (κ1) is 15.0. The number of nitrogens with zero attached hydrogens (tertiary/aromatic N) is 3. The Hall–Kier alpha value is -0.940. The Morgan fingerprint density at radius 3 is 2.81 bits per heavy atom. The van der Waals surface area contributed by atoms with Crippen LogP contribution in [-0.4, -0.2) is 32.8 Å². The first-order valence-corrected chi connectivity index (χ1v) is 8.69. The highest BCUT2D eigenvalue weighted by Gasteiger charge is 2.23. The number of hydrogen-bond donors (Lipinski definition) is 1. The SMILES string of the molecule is NC(=S)C1CCCN(Cc2ccn(C3CCCCC3)n2)C1. The summed E-state index contributed by atoms with van der Waals surface area (Å²) in [6, 6.07) is 2.80. The number of aromatic nitrogens is 2. The molecular formula is C16H26N4S. The zero-order valence-corrected chi connectivity index (χ0v) is 13.5. The van der Waals surface area contributed by atoms with Crippen LogP contribution in [0.1, 0.15) is 56.7 Å². The molecule has 3 rings (SSSR count). The van der Waals surface area contributed by atoms with Crippen molar-refractivity contribution in [2.75, 3.05) is 13.1 Å². The number of likely N-dealkylation sites (tertiary alicyclic amines) is 1. The highest BCUT2D eigenvalue weighted by Crippen LogP contribution is 2.27. The van der Waals surface area contributed by atoms with Gasteiger partial charge in [-0.1, -0.05) is 31.5 Å². The number of hydrogen-bond acceptors (Lipinski definition) is 3. The molecule has 0 radical (unpaired) electrons. The molecule has 0 spiro atoms. The fourth-order valence-corrected chi connectivity index (χ4v) is 3.86. The summed E-state index contributed by atoms with van der Waals surface area (Å²) in [5.74, 6) is 0.384. The number of rotatable bonds is 4. The van der Waals surface area contributed by atoms with Gasteiger partial charge in [-0.25, -0.2) is 0 Å². The van der Waals surface area contributed by atoms with Gasteiger partial charge in [-0.3, -0.25) is 9.58 Å². The molecule has 1 atom stereocenters. The summed E-state index contributed by atoms with van der Waals surface area (Å²) in [4.78, 5) is 3.12. The number of piperidine rings is 1. The van der Waals surface area contributed by atoms with Gasteiger partial charge in [0.1, 0.15) is 0 Å². The van der Waals surface area contributed by atoms with Gasteiger partial charge in [0, 0.05) is 25.2 Å². The van der Waals surface area contributed by atoms with E-state index in [0.717, 1.165) is 26.1 Å². The van der Waals surface area contributed by atoms with Gasteiger partial charge >= 0.3 is 0 Å². The van der Waals surface area contributed by atoms with Crippen LogP contribution in [0, 0.1) is 5.92 Å². The molecule has 1 saturated carbocycles. The van der Waals surface area contributed by atoms with Gasteiger partial charge in [0.15, 0.2) is 0 Å². The zero-order valence-electron chi connectivity index (χ0n) is 12.7.